The largest absolute Gasteiger partial charge is 0.511 e. The Bertz CT molecular complexity index is 1000. The average Bonchev–Trinajstić information content (AvgIpc) is 2.68. The first-order chi connectivity index (χ1) is 13.1. The van der Waals surface area contributed by atoms with E-state index in [1.54, 1.807) is 0 Å². The molecule has 0 bridgehead atoms. The van der Waals surface area contributed by atoms with Gasteiger partial charge in [0, 0.05) is 32.9 Å². The average molecular weight is 549 g/mol. The zero-order chi connectivity index (χ0) is 19.2. The molecule has 0 heterocycles. The number of aliphatic hydroxyl groups excluding tert-OH is 1. The molecule has 3 aromatic rings. The summed E-state index contributed by atoms with van der Waals surface area (Å²) in [4.78, 5) is 21.8. The third kappa shape index (κ3) is 5.03. The van der Waals surface area contributed by atoms with Crippen LogP contribution < -0.4 is 0 Å². The van der Waals surface area contributed by atoms with Crippen LogP contribution in [0.5, 0.6) is 0 Å². The molecule has 0 aliphatic heterocycles. The maximum Gasteiger partial charge on any atom is 0.169 e. The van der Waals surface area contributed by atoms with Crippen molar-refractivity contribution in [2.75, 3.05) is 0 Å². The van der Waals surface area contributed by atoms with E-state index in [2.05, 4.69) is 48.5 Å². The van der Waals surface area contributed by atoms with Gasteiger partial charge in [-0.05, 0) is 13.3 Å². The van der Waals surface area contributed by atoms with Gasteiger partial charge in [0.2, 0.25) is 0 Å². The van der Waals surface area contributed by atoms with Gasteiger partial charge in [-0.1, -0.05) is 18.2 Å². The predicted molar refractivity (Wildman–Crippen MR) is 106 cm³/mol. The SMILES string of the molecule is CC(=O)C1=C(O)CCCC1=O.[Ir].[c-]1ccccc1-c1[c-]ccc2ccccc12. The Morgan fingerprint density at radius 1 is 0.964 bits per heavy atom. The van der Waals surface area contributed by atoms with Crippen LogP contribution in [0.4, 0.5) is 0 Å². The fourth-order valence-corrected chi connectivity index (χ4v) is 3.16. The zero-order valence-electron chi connectivity index (χ0n) is 15.5. The maximum absolute atomic E-state index is 11.0. The van der Waals surface area contributed by atoms with Gasteiger partial charge in [0.1, 0.15) is 5.76 Å². The molecule has 0 unspecified atom stereocenters. The molecule has 0 spiro atoms. The van der Waals surface area contributed by atoms with Crippen LogP contribution in [0, 0.1) is 12.1 Å². The van der Waals surface area contributed by atoms with Crippen LogP contribution in [0.3, 0.4) is 0 Å². The third-order valence-electron chi connectivity index (χ3n) is 4.44. The van der Waals surface area contributed by atoms with Crippen molar-refractivity contribution < 1.29 is 34.8 Å². The molecule has 1 aliphatic carbocycles. The number of carbonyl (C=O) groups excluding carboxylic acids is 2. The van der Waals surface area contributed by atoms with Crippen molar-refractivity contribution in [3.8, 4) is 11.1 Å². The normalized spacial score (nSPS) is 13.4. The number of ketones is 2. The molecule has 0 aromatic heterocycles. The minimum absolute atomic E-state index is 0. The fraction of sp³-hybridized carbons (Fsp3) is 0.167. The Hall–Kier alpha value is -2.55. The van der Waals surface area contributed by atoms with Crippen LogP contribution in [-0.4, -0.2) is 16.7 Å². The van der Waals surface area contributed by atoms with Crippen molar-refractivity contribution in [2.24, 2.45) is 0 Å². The van der Waals surface area contributed by atoms with Gasteiger partial charge in [0.25, 0.3) is 0 Å². The van der Waals surface area contributed by atoms with Crippen molar-refractivity contribution in [2.45, 2.75) is 26.2 Å². The van der Waals surface area contributed by atoms with E-state index in [9.17, 15) is 9.59 Å². The number of hydrogen-bond acceptors (Lipinski definition) is 3. The molecule has 0 saturated carbocycles. The van der Waals surface area contributed by atoms with E-state index < -0.39 is 0 Å². The van der Waals surface area contributed by atoms with Gasteiger partial charge in [0.05, 0.1) is 5.57 Å². The first-order valence-corrected chi connectivity index (χ1v) is 8.90. The number of allylic oxidation sites excluding steroid dienone is 2. The molecule has 28 heavy (non-hydrogen) atoms. The van der Waals surface area contributed by atoms with Crippen molar-refractivity contribution >= 4 is 22.3 Å². The second-order valence-corrected chi connectivity index (χ2v) is 6.37. The zero-order valence-corrected chi connectivity index (χ0v) is 17.9. The first kappa shape index (κ1) is 21.7. The van der Waals surface area contributed by atoms with Gasteiger partial charge in [-0.25, -0.2) is 11.1 Å². The van der Waals surface area contributed by atoms with Gasteiger partial charge < -0.3 is 5.11 Å². The minimum atomic E-state index is -0.327. The van der Waals surface area contributed by atoms with Gasteiger partial charge in [-0.2, -0.15) is 36.4 Å². The Labute approximate surface area is 178 Å². The van der Waals surface area contributed by atoms with Gasteiger partial charge in [0.15, 0.2) is 11.6 Å². The number of fused-ring (bicyclic) bond motifs is 1. The molecule has 0 saturated heterocycles. The Kier molecular flexibility index (Phi) is 7.86. The monoisotopic (exact) mass is 549 g/mol. The van der Waals surface area contributed by atoms with E-state index in [-0.39, 0.29) is 43.0 Å². The molecule has 3 nitrogen and oxygen atoms in total. The summed E-state index contributed by atoms with van der Waals surface area (Å²) >= 11 is 0. The summed E-state index contributed by atoms with van der Waals surface area (Å²) in [5, 5.41) is 11.6. The van der Waals surface area contributed by atoms with E-state index in [1.807, 2.05) is 24.3 Å². The second kappa shape index (κ2) is 10.1. The van der Waals surface area contributed by atoms with Crippen molar-refractivity contribution in [1.29, 1.82) is 0 Å². The number of hydrogen-bond donors (Lipinski definition) is 1. The van der Waals surface area contributed by atoms with Gasteiger partial charge >= 0.3 is 0 Å². The van der Waals surface area contributed by atoms with Crippen LogP contribution in [0.25, 0.3) is 21.9 Å². The van der Waals surface area contributed by atoms with E-state index in [0.29, 0.717) is 19.3 Å². The van der Waals surface area contributed by atoms with E-state index >= 15 is 0 Å². The van der Waals surface area contributed by atoms with Gasteiger partial charge in [-0.15, -0.1) is 29.0 Å². The molecule has 3 aromatic carbocycles. The Morgan fingerprint density at radius 3 is 2.36 bits per heavy atom. The molecule has 1 aliphatic rings. The minimum Gasteiger partial charge on any atom is -0.511 e. The summed E-state index contributed by atoms with van der Waals surface area (Å²) in [6.45, 7) is 1.30. The Balaban J connectivity index is 0.000000208. The number of aliphatic hydroxyl groups is 1. The van der Waals surface area contributed by atoms with E-state index in [4.69, 9.17) is 5.11 Å². The second-order valence-electron chi connectivity index (χ2n) is 6.37. The van der Waals surface area contributed by atoms with Crippen LogP contribution in [0.15, 0.2) is 72.0 Å². The summed E-state index contributed by atoms with van der Waals surface area (Å²) in [6, 6.07) is 27.0. The van der Waals surface area contributed by atoms with E-state index in [0.717, 1.165) is 11.1 Å². The molecule has 4 heteroatoms. The van der Waals surface area contributed by atoms with Crippen molar-refractivity contribution in [3.63, 3.8) is 0 Å². The molecule has 0 amide bonds. The standard InChI is InChI=1S/C16H10.C8H10O3.Ir/c1-2-7-13(8-3-1)16-12-6-10-14-9-4-5-11-15(14)16;1-5(9)8-6(10)3-2-4-7(8)11;/h1-7,9-11H;10H,2-4H2,1H3;/q-2;;. The third-order valence-corrected chi connectivity index (χ3v) is 4.44. The fourth-order valence-electron chi connectivity index (χ4n) is 3.16. The molecular weight excluding hydrogens is 528 g/mol. The number of benzene rings is 3. The summed E-state index contributed by atoms with van der Waals surface area (Å²) in [5.74, 6) is -0.581. The summed E-state index contributed by atoms with van der Waals surface area (Å²) < 4.78 is 0. The smallest absolute Gasteiger partial charge is 0.169 e. The summed E-state index contributed by atoms with van der Waals surface area (Å²) in [6.07, 6.45) is 1.50. The van der Waals surface area contributed by atoms with Crippen LogP contribution in [0.1, 0.15) is 26.2 Å². The van der Waals surface area contributed by atoms with Crippen LogP contribution in [0.2, 0.25) is 0 Å². The van der Waals surface area contributed by atoms with Crippen LogP contribution in [-0.2, 0) is 29.7 Å². The van der Waals surface area contributed by atoms with E-state index in [1.165, 1.54) is 17.7 Å². The molecule has 0 atom stereocenters. The molecule has 4 rings (SSSR count). The first-order valence-electron chi connectivity index (χ1n) is 8.90. The van der Waals surface area contributed by atoms with Crippen LogP contribution >= 0.6 is 0 Å². The number of carbonyl (C=O) groups is 2. The predicted octanol–water partition coefficient (Wildman–Crippen LogP) is 5.25. The molecule has 1 N–H and O–H groups in total. The van der Waals surface area contributed by atoms with Crippen molar-refractivity contribution in [3.05, 3.63) is 84.1 Å². The number of rotatable bonds is 2. The topological polar surface area (TPSA) is 54.4 Å². The molecular formula is C24H20IrO3-2. The summed E-state index contributed by atoms with van der Waals surface area (Å²) in [5.41, 5.74) is 2.23. The molecule has 0 fully saturated rings. The Morgan fingerprint density at radius 2 is 1.71 bits per heavy atom. The maximum atomic E-state index is 11.0. The quantitative estimate of drug-likeness (QED) is 0.352. The molecule has 1 radical (unpaired) electrons. The number of Topliss-reactive ketones (excluding diaryl/α,β-unsaturated/α-hetero) is 2. The van der Waals surface area contributed by atoms with Gasteiger partial charge in [-0.3, -0.25) is 9.59 Å². The summed E-state index contributed by atoms with van der Waals surface area (Å²) in [7, 11) is 0. The molecule has 145 valence electrons. The van der Waals surface area contributed by atoms with Crippen molar-refractivity contribution in [1.82, 2.24) is 0 Å².